The molecule has 0 aliphatic rings. The van der Waals surface area contributed by atoms with Crippen LogP contribution in [-0.2, 0) is 9.47 Å². The minimum Gasteiger partial charge on any atom is -0.342 e. The molecule has 13 heavy (non-hydrogen) atoms. The van der Waals surface area contributed by atoms with Gasteiger partial charge in [-0.2, -0.15) is 0 Å². The Balaban J connectivity index is 4.12. The highest BCUT2D eigenvalue weighted by Crippen LogP contribution is 1.99. The van der Waals surface area contributed by atoms with E-state index in [1.807, 2.05) is 13.8 Å². The fraction of sp³-hybridized carbons (Fsp3) is 0.800. The molecule has 0 unspecified atom stereocenters. The maximum Gasteiger partial charge on any atom is 0.221 e. The first-order valence-corrected chi connectivity index (χ1v) is 8.25. The maximum atomic E-state index is 5.30. The van der Waals surface area contributed by atoms with Crippen molar-refractivity contribution in [3.05, 3.63) is 0 Å². The van der Waals surface area contributed by atoms with Crippen molar-refractivity contribution >= 4 is 8.07 Å². The fourth-order valence-corrected chi connectivity index (χ4v) is 1.26. The van der Waals surface area contributed by atoms with Crippen LogP contribution in [0, 0.1) is 11.5 Å². The summed E-state index contributed by atoms with van der Waals surface area (Å²) < 4.78 is 10.6. The second-order valence-electron chi connectivity index (χ2n) is 3.76. The molecule has 0 radical (unpaired) electrons. The summed E-state index contributed by atoms with van der Waals surface area (Å²) in [4.78, 5) is 0. The van der Waals surface area contributed by atoms with Gasteiger partial charge in [-0.05, 0) is 19.8 Å². The van der Waals surface area contributed by atoms with E-state index in [1.54, 1.807) is 0 Å². The van der Waals surface area contributed by atoms with Gasteiger partial charge in [-0.1, -0.05) is 19.6 Å². The van der Waals surface area contributed by atoms with E-state index in [0.717, 1.165) is 0 Å². The van der Waals surface area contributed by atoms with Gasteiger partial charge in [0.05, 0.1) is 0 Å². The molecule has 0 fully saturated rings. The molecule has 0 saturated carbocycles. The molecule has 0 rings (SSSR count). The Labute approximate surface area is 82.6 Å². The third-order valence-electron chi connectivity index (χ3n) is 1.20. The third-order valence-corrected chi connectivity index (χ3v) is 2.10. The molecule has 0 aromatic carbocycles. The van der Waals surface area contributed by atoms with Crippen LogP contribution in [0.4, 0.5) is 0 Å². The fourth-order valence-electron chi connectivity index (χ4n) is 0.710. The summed E-state index contributed by atoms with van der Waals surface area (Å²) >= 11 is 0. The van der Waals surface area contributed by atoms with Crippen molar-refractivity contribution in [3.8, 4) is 11.5 Å². The summed E-state index contributed by atoms with van der Waals surface area (Å²) in [6.45, 7) is 11.8. The molecule has 0 N–H and O–H groups in total. The van der Waals surface area contributed by atoms with Crippen molar-refractivity contribution in [3.63, 3.8) is 0 Å². The zero-order valence-electron chi connectivity index (χ0n) is 9.31. The molecule has 0 saturated heterocycles. The number of hydrogen-bond acceptors (Lipinski definition) is 2. The Morgan fingerprint density at radius 1 is 1.08 bits per heavy atom. The summed E-state index contributed by atoms with van der Waals surface area (Å²) in [6.07, 6.45) is -0.332. The van der Waals surface area contributed by atoms with Gasteiger partial charge < -0.3 is 9.47 Å². The number of ether oxygens (including phenoxy) is 2. The van der Waals surface area contributed by atoms with Gasteiger partial charge in [-0.3, -0.25) is 0 Å². The summed E-state index contributed by atoms with van der Waals surface area (Å²) in [5.41, 5.74) is 3.23. The second-order valence-corrected chi connectivity index (χ2v) is 8.51. The van der Waals surface area contributed by atoms with Crippen LogP contribution in [0.3, 0.4) is 0 Å². The van der Waals surface area contributed by atoms with Crippen molar-refractivity contribution < 1.29 is 9.47 Å². The zero-order valence-corrected chi connectivity index (χ0v) is 10.3. The molecule has 3 heteroatoms. The van der Waals surface area contributed by atoms with E-state index >= 15 is 0 Å². The normalized spacial score (nSPS) is 11.2. The van der Waals surface area contributed by atoms with E-state index in [-0.39, 0.29) is 6.29 Å². The Morgan fingerprint density at radius 3 is 1.85 bits per heavy atom. The van der Waals surface area contributed by atoms with E-state index in [1.165, 1.54) is 0 Å². The van der Waals surface area contributed by atoms with E-state index in [4.69, 9.17) is 9.47 Å². The van der Waals surface area contributed by atoms with Crippen molar-refractivity contribution in [2.75, 3.05) is 13.2 Å². The van der Waals surface area contributed by atoms with E-state index in [2.05, 4.69) is 31.1 Å². The van der Waals surface area contributed by atoms with Gasteiger partial charge >= 0.3 is 0 Å². The standard InChI is InChI=1S/C10H20O2Si/c1-6-11-10(12-7-2)8-9-13(3,4)5/h10H,6-7H2,1-5H3. The average Bonchev–Trinajstić information content (AvgIpc) is 2.00. The Bertz CT molecular complexity index is 179. The van der Waals surface area contributed by atoms with Gasteiger partial charge in [0.15, 0.2) is 0 Å². The lowest BCUT2D eigenvalue weighted by Crippen LogP contribution is -2.20. The largest absolute Gasteiger partial charge is 0.342 e. The van der Waals surface area contributed by atoms with Crippen LogP contribution in [0.2, 0.25) is 19.6 Å². The van der Waals surface area contributed by atoms with Crippen molar-refractivity contribution in [1.29, 1.82) is 0 Å². The summed E-state index contributed by atoms with van der Waals surface area (Å²) in [7, 11) is -1.30. The average molecular weight is 200 g/mol. The molecule has 0 amide bonds. The highest BCUT2D eigenvalue weighted by Gasteiger charge is 2.09. The van der Waals surface area contributed by atoms with Crippen molar-refractivity contribution in [2.24, 2.45) is 0 Å². The Hall–Kier alpha value is -0.303. The Kier molecular flexibility index (Phi) is 6.05. The Morgan fingerprint density at radius 2 is 1.54 bits per heavy atom. The van der Waals surface area contributed by atoms with Crippen LogP contribution in [0.5, 0.6) is 0 Å². The van der Waals surface area contributed by atoms with Gasteiger partial charge in [0.2, 0.25) is 6.29 Å². The molecule has 0 heterocycles. The molecule has 0 spiro atoms. The van der Waals surface area contributed by atoms with Crippen LogP contribution in [0.25, 0.3) is 0 Å². The highest BCUT2D eigenvalue weighted by atomic mass is 28.3. The van der Waals surface area contributed by atoms with Crippen LogP contribution in [-0.4, -0.2) is 27.6 Å². The van der Waals surface area contributed by atoms with Crippen LogP contribution in [0.15, 0.2) is 0 Å². The summed E-state index contributed by atoms with van der Waals surface area (Å²) in [6, 6.07) is 0. The lowest BCUT2D eigenvalue weighted by atomic mass is 10.6. The van der Waals surface area contributed by atoms with E-state index in [9.17, 15) is 0 Å². The minimum absolute atomic E-state index is 0.332. The molecular formula is C10H20O2Si. The van der Waals surface area contributed by atoms with Gasteiger partial charge in [0.25, 0.3) is 0 Å². The van der Waals surface area contributed by atoms with E-state index in [0.29, 0.717) is 13.2 Å². The molecule has 2 nitrogen and oxygen atoms in total. The molecule has 0 aliphatic heterocycles. The maximum absolute atomic E-state index is 5.30. The lowest BCUT2D eigenvalue weighted by molar-refractivity contribution is -0.0969. The van der Waals surface area contributed by atoms with Crippen LogP contribution >= 0.6 is 0 Å². The lowest BCUT2D eigenvalue weighted by Gasteiger charge is -2.11. The number of rotatable bonds is 4. The first-order valence-electron chi connectivity index (χ1n) is 4.75. The predicted molar refractivity (Wildman–Crippen MR) is 58.2 cm³/mol. The zero-order chi connectivity index (χ0) is 10.3. The number of hydrogen-bond donors (Lipinski definition) is 0. The predicted octanol–water partition coefficient (Wildman–Crippen LogP) is 2.27. The molecule has 0 atom stereocenters. The third kappa shape index (κ3) is 8.04. The van der Waals surface area contributed by atoms with Gasteiger partial charge in [0.1, 0.15) is 8.07 Å². The topological polar surface area (TPSA) is 18.5 Å². The SMILES string of the molecule is CCOC(C#C[Si](C)(C)C)OCC. The van der Waals surface area contributed by atoms with Crippen LogP contribution in [0.1, 0.15) is 13.8 Å². The van der Waals surface area contributed by atoms with Crippen LogP contribution < -0.4 is 0 Å². The van der Waals surface area contributed by atoms with E-state index < -0.39 is 8.07 Å². The summed E-state index contributed by atoms with van der Waals surface area (Å²) in [5, 5.41) is 0. The first-order chi connectivity index (χ1) is 5.99. The first kappa shape index (κ1) is 12.7. The molecule has 0 aromatic heterocycles. The molecule has 76 valence electrons. The molecular weight excluding hydrogens is 180 g/mol. The second kappa shape index (κ2) is 6.20. The van der Waals surface area contributed by atoms with Gasteiger partial charge in [0, 0.05) is 13.2 Å². The minimum atomic E-state index is -1.30. The smallest absolute Gasteiger partial charge is 0.221 e. The monoisotopic (exact) mass is 200 g/mol. The summed E-state index contributed by atoms with van der Waals surface area (Å²) in [5.74, 6) is 3.03. The highest BCUT2D eigenvalue weighted by molar-refractivity contribution is 6.83. The molecule has 0 aliphatic carbocycles. The molecule has 0 bridgehead atoms. The van der Waals surface area contributed by atoms with Crippen molar-refractivity contribution in [1.82, 2.24) is 0 Å². The quantitative estimate of drug-likeness (QED) is 0.394. The molecule has 0 aromatic rings. The van der Waals surface area contributed by atoms with Gasteiger partial charge in [-0.15, -0.1) is 5.54 Å². The van der Waals surface area contributed by atoms with Gasteiger partial charge in [-0.25, -0.2) is 0 Å². The van der Waals surface area contributed by atoms with Crippen molar-refractivity contribution in [2.45, 2.75) is 39.8 Å².